The van der Waals surface area contributed by atoms with E-state index in [1.807, 2.05) is 54.3 Å². The molecule has 4 rings (SSSR count). The molecule has 3 heterocycles. The fraction of sp³-hybridized carbons (Fsp3) is 0.118. The number of hydrogen-bond acceptors (Lipinski definition) is 5. The number of nitrogens with zero attached hydrogens (tertiary/aromatic N) is 5. The molecule has 1 aromatic carbocycles. The van der Waals surface area contributed by atoms with E-state index in [1.54, 1.807) is 23.3 Å². The van der Waals surface area contributed by atoms with E-state index in [2.05, 4.69) is 20.4 Å². The van der Waals surface area contributed by atoms with E-state index in [9.17, 15) is 4.21 Å². The summed E-state index contributed by atoms with van der Waals surface area (Å²) in [5.41, 5.74) is 3.53. The molecule has 25 heavy (non-hydrogen) atoms. The van der Waals surface area contributed by atoms with Crippen molar-refractivity contribution < 1.29 is 4.21 Å². The van der Waals surface area contributed by atoms with Crippen LogP contribution in [0.2, 0.25) is 0 Å². The third-order valence-electron chi connectivity index (χ3n) is 3.88. The molecule has 8 heteroatoms. The first-order chi connectivity index (χ1) is 12.1. The summed E-state index contributed by atoms with van der Waals surface area (Å²) in [7, 11) is 0.894. The quantitative estimate of drug-likeness (QED) is 0.611. The van der Waals surface area contributed by atoms with Crippen molar-refractivity contribution in [3.63, 3.8) is 0 Å². The molecule has 0 fully saturated rings. The van der Waals surface area contributed by atoms with E-state index in [-0.39, 0.29) is 0 Å². The van der Waals surface area contributed by atoms with Crippen LogP contribution in [0.1, 0.15) is 0 Å². The molecule has 4 aromatic rings. The molecule has 0 aliphatic rings. The first kappa shape index (κ1) is 15.5. The Kier molecular flexibility index (Phi) is 3.81. The number of imidazole rings is 1. The van der Waals surface area contributed by atoms with E-state index in [0.29, 0.717) is 5.82 Å². The minimum atomic E-state index is -0.990. The van der Waals surface area contributed by atoms with Gasteiger partial charge in [0.1, 0.15) is 0 Å². The number of anilines is 2. The summed E-state index contributed by atoms with van der Waals surface area (Å²) in [5.74, 6) is 0.656. The molecule has 0 saturated carbocycles. The maximum Gasteiger partial charge on any atom is 0.180 e. The Morgan fingerprint density at radius 1 is 1.12 bits per heavy atom. The van der Waals surface area contributed by atoms with Crippen LogP contribution in [0.25, 0.3) is 16.9 Å². The highest BCUT2D eigenvalue weighted by Crippen LogP contribution is 2.25. The normalized spacial score (nSPS) is 12.4. The van der Waals surface area contributed by atoms with Crippen LogP contribution in [0.4, 0.5) is 11.5 Å². The highest BCUT2D eigenvalue weighted by molar-refractivity contribution is 7.84. The molecule has 0 radical (unpaired) electrons. The lowest BCUT2D eigenvalue weighted by molar-refractivity contribution is 0.687. The van der Waals surface area contributed by atoms with Gasteiger partial charge in [-0.1, -0.05) is 0 Å². The largest absolute Gasteiger partial charge is 0.337 e. The van der Waals surface area contributed by atoms with Gasteiger partial charge in [0.15, 0.2) is 11.5 Å². The van der Waals surface area contributed by atoms with Crippen molar-refractivity contribution in [3.8, 4) is 11.3 Å². The molecule has 0 spiro atoms. The molecule has 126 valence electrons. The van der Waals surface area contributed by atoms with Crippen molar-refractivity contribution >= 4 is 28.0 Å². The lowest BCUT2D eigenvalue weighted by Crippen LogP contribution is -1.98. The number of nitrogens with one attached hydrogen (secondary N) is 1. The standard InChI is InChI=1S/C17H16N6OS/c1-22-11-12(9-20-22)15-10-19-17-16(18-7-8-23(15)17)21-13-3-5-14(6-4-13)25(2)24/h3-11H,1-2H3,(H,18,21). The molecule has 0 aliphatic heterocycles. The lowest BCUT2D eigenvalue weighted by atomic mass is 10.3. The number of fused-ring (bicyclic) bond motifs is 1. The summed E-state index contributed by atoms with van der Waals surface area (Å²) in [4.78, 5) is 9.68. The summed E-state index contributed by atoms with van der Waals surface area (Å²) in [6.45, 7) is 0. The first-order valence-electron chi connectivity index (χ1n) is 7.63. The van der Waals surface area contributed by atoms with Crippen LogP contribution in [-0.4, -0.2) is 34.6 Å². The second kappa shape index (κ2) is 6.14. The van der Waals surface area contributed by atoms with Crippen LogP contribution in [0.3, 0.4) is 0 Å². The average Bonchev–Trinajstić information content (AvgIpc) is 3.22. The number of aromatic nitrogens is 5. The average molecular weight is 352 g/mol. The Morgan fingerprint density at radius 3 is 2.60 bits per heavy atom. The minimum Gasteiger partial charge on any atom is -0.337 e. The Labute approximate surface area is 146 Å². The smallest absolute Gasteiger partial charge is 0.180 e. The van der Waals surface area contributed by atoms with Gasteiger partial charge in [0.25, 0.3) is 0 Å². The monoisotopic (exact) mass is 352 g/mol. The molecular weight excluding hydrogens is 336 g/mol. The van der Waals surface area contributed by atoms with Gasteiger partial charge in [0.2, 0.25) is 0 Å². The van der Waals surface area contributed by atoms with E-state index >= 15 is 0 Å². The van der Waals surface area contributed by atoms with Gasteiger partial charge in [0, 0.05) is 58.8 Å². The van der Waals surface area contributed by atoms with Gasteiger partial charge < -0.3 is 5.32 Å². The number of hydrogen-bond donors (Lipinski definition) is 1. The van der Waals surface area contributed by atoms with Gasteiger partial charge in [-0.3, -0.25) is 13.3 Å². The number of benzene rings is 1. The van der Waals surface area contributed by atoms with Crippen LogP contribution < -0.4 is 5.32 Å². The zero-order valence-corrected chi connectivity index (χ0v) is 14.6. The van der Waals surface area contributed by atoms with Crippen molar-refractivity contribution in [3.05, 3.63) is 55.2 Å². The van der Waals surface area contributed by atoms with Crippen LogP contribution in [-0.2, 0) is 17.8 Å². The molecule has 1 atom stereocenters. The predicted molar refractivity (Wildman–Crippen MR) is 97.2 cm³/mol. The van der Waals surface area contributed by atoms with Gasteiger partial charge in [-0.2, -0.15) is 5.10 Å². The number of aryl methyl sites for hydroxylation is 1. The van der Waals surface area contributed by atoms with Crippen molar-refractivity contribution in [2.24, 2.45) is 7.05 Å². The van der Waals surface area contributed by atoms with Crippen molar-refractivity contribution in [2.45, 2.75) is 4.90 Å². The van der Waals surface area contributed by atoms with Gasteiger partial charge in [-0.05, 0) is 24.3 Å². The minimum absolute atomic E-state index is 0.656. The zero-order valence-electron chi connectivity index (χ0n) is 13.7. The molecular formula is C17H16N6OS. The molecule has 0 aliphatic carbocycles. The van der Waals surface area contributed by atoms with E-state index < -0.39 is 10.8 Å². The Balaban J connectivity index is 1.71. The van der Waals surface area contributed by atoms with Crippen LogP contribution in [0, 0.1) is 0 Å². The molecule has 0 saturated heterocycles. The fourth-order valence-electron chi connectivity index (χ4n) is 2.64. The maximum atomic E-state index is 11.5. The van der Waals surface area contributed by atoms with E-state index in [1.165, 1.54) is 0 Å². The van der Waals surface area contributed by atoms with E-state index in [0.717, 1.165) is 27.5 Å². The van der Waals surface area contributed by atoms with Gasteiger partial charge >= 0.3 is 0 Å². The van der Waals surface area contributed by atoms with Crippen molar-refractivity contribution in [1.29, 1.82) is 0 Å². The van der Waals surface area contributed by atoms with Crippen molar-refractivity contribution in [1.82, 2.24) is 24.1 Å². The van der Waals surface area contributed by atoms with Crippen LogP contribution in [0.15, 0.2) is 60.1 Å². The SMILES string of the molecule is Cn1cc(-c2cnc3c(Nc4ccc(S(C)=O)cc4)nccn23)cn1. The maximum absolute atomic E-state index is 11.5. The summed E-state index contributed by atoms with van der Waals surface area (Å²) < 4.78 is 15.2. The number of rotatable bonds is 4. The van der Waals surface area contributed by atoms with E-state index in [4.69, 9.17) is 0 Å². The summed E-state index contributed by atoms with van der Waals surface area (Å²) >= 11 is 0. The Hall–Kier alpha value is -3.00. The summed E-state index contributed by atoms with van der Waals surface area (Å²) in [5, 5.41) is 7.48. The highest BCUT2D eigenvalue weighted by Gasteiger charge is 2.11. The second-order valence-electron chi connectivity index (χ2n) is 5.62. The fourth-order valence-corrected chi connectivity index (χ4v) is 3.16. The topological polar surface area (TPSA) is 77.1 Å². The Bertz CT molecular complexity index is 1070. The van der Waals surface area contributed by atoms with Gasteiger partial charge in [-0.25, -0.2) is 9.97 Å². The molecule has 3 aromatic heterocycles. The second-order valence-corrected chi connectivity index (χ2v) is 7.00. The molecule has 0 bridgehead atoms. The first-order valence-corrected chi connectivity index (χ1v) is 9.19. The summed E-state index contributed by atoms with van der Waals surface area (Å²) in [6, 6.07) is 7.44. The summed E-state index contributed by atoms with van der Waals surface area (Å²) in [6.07, 6.45) is 10.8. The zero-order chi connectivity index (χ0) is 17.4. The lowest BCUT2D eigenvalue weighted by Gasteiger charge is -2.08. The molecule has 1 N–H and O–H groups in total. The van der Waals surface area contributed by atoms with Crippen LogP contribution in [0.5, 0.6) is 0 Å². The van der Waals surface area contributed by atoms with Gasteiger partial charge in [0.05, 0.1) is 18.1 Å². The molecule has 1 unspecified atom stereocenters. The van der Waals surface area contributed by atoms with Crippen molar-refractivity contribution in [2.75, 3.05) is 11.6 Å². The Morgan fingerprint density at radius 2 is 1.92 bits per heavy atom. The van der Waals surface area contributed by atoms with Crippen LogP contribution >= 0.6 is 0 Å². The third kappa shape index (κ3) is 2.91. The third-order valence-corrected chi connectivity index (χ3v) is 4.81. The molecule has 0 amide bonds. The highest BCUT2D eigenvalue weighted by atomic mass is 32.2. The van der Waals surface area contributed by atoms with Gasteiger partial charge in [-0.15, -0.1) is 0 Å². The molecule has 7 nitrogen and oxygen atoms in total. The predicted octanol–water partition coefficient (Wildman–Crippen LogP) is 2.61.